The Labute approximate surface area is 91.8 Å². The van der Waals surface area contributed by atoms with Crippen molar-refractivity contribution < 1.29 is 0 Å². The maximum Gasteiger partial charge on any atom is 0.0286 e. The van der Waals surface area contributed by atoms with Gasteiger partial charge in [-0.1, -0.05) is 6.42 Å². The van der Waals surface area contributed by atoms with E-state index < -0.39 is 0 Å². The van der Waals surface area contributed by atoms with E-state index in [-0.39, 0.29) is 0 Å². The number of rotatable bonds is 2. The van der Waals surface area contributed by atoms with Gasteiger partial charge < -0.3 is 5.32 Å². The molecule has 2 heterocycles. The molecular formula is C11H22N2S. The maximum atomic E-state index is 3.62. The third-order valence-electron chi connectivity index (χ3n) is 3.39. The average Bonchev–Trinajstić information content (AvgIpc) is 2.23. The van der Waals surface area contributed by atoms with Crippen molar-refractivity contribution in [2.45, 2.75) is 38.3 Å². The van der Waals surface area contributed by atoms with Gasteiger partial charge in [0, 0.05) is 36.7 Å². The molecule has 0 spiro atoms. The summed E-state index contributed by atoms with van der Waals surface area (Å²) in [6.07, 6.45) is 4.24. The highest BCUT2D eigenvalue weighted by molar-refractivity contribution is 7.99. The van der Waals surface area contributed by atoms with Gasteiger partial charge in [0.25, 0.3) is 0 Å². The molecule has 2 atom stereocenters. The monoisotopic (exact) mass is 214 g/mol. The van der Waals surface area contributed by atoms with Gasteiger partial charge >= 0.3 is 0 Å². The Kier molecular flexibility index (Phi) is 4.14. The normalized spacial score (nSPS) is 35.8. The van der Waals surface area contributed by atoms with Gasteiger partial charge in [-0.2, -0.15) is 11.8 Å². The summed E-state index contributed by atoms with van der Waals surface area (Å²) in [6, 6.07) is 1.56. The molecule has 2 unspecified atom stereocenters. The SMILES string of the molecule is CC1CCCCN1CC1CSCCN1. The van der Waals surface area contributed by atoms with Gasteiger partial charge in [-0.15, -0.1) is 0 Å². The lowest BCUT2D eigenvalue weighted by Crippen LogP contribution is -2.49. The summed E-state index contributed by atoms with van der Waals surface area (Å²) in [5.41, 5.74) is 0. The van der Waals surface area contributed by atoms with Crippen LogP contribution in [0.15, 0.2) is 0 Å². The van der Waals surface area contributed by atoms with Crippen LogP contribution < -0.4 is 5.32 Å². The highest BCUT2D eigenvalue weighted by atomic mass is 32.2. The van der Waals surface area contributed by atoms with Crippen molar-refractivity contribution in [3.8, 4) is 0 Å². The Hall–Kier alpha value is 0.270. The minimum Gasteiger partial charge on any atom is -0.311 e. The Morgan fingerprint density at radius 1 is 1.43 bits per heavy atom. The van der Waals surface area contributed by atoms with Crippen LogP contribution in [0.4, 0.5) is 0 Å². The van der Waals surface area contributed by atoms with Crippen LogP contribution in [0, 0.1) is 0 Å². The molecule has 0 amide bonds. The number of piperidine rings is 1. The average molecular weight is 214 g/mol. The summed E-state index contributed by atoms with van der Waals surface area (Å²) in [6.45, 7) is 6.19. The zero-order chi connectivity index (χ0) is 9.80. The lowest BCUT2D eigenvalue weighted by molar-refractivity contribution is 0.148. The number of nitrogens with one attached hydrogen (secondary N) is 1. The highest BCUT2D eigenvalue weighted by Gasteiger charge is 2.22. The highest BCUT2D eigenvalue weighted by Crippen LogP contribution is 2.18. The molecule has 1 N–H and O–H groups in total. The lowest BCUT2D eigenvalue weighted by Gasteiger charge is -2.37. The predicted molar refractivity (Wildman–Crippen MR) is 64.0 cm³/mol. The van der Waals surface area contributed by atoms with Crippen molar-refractivity contribution >= 4 is 11.8 Å². The van der Waals surface area contributed by atoms with E-state index in [0.29, 0.717) is 0 Å². The van der Waals surface area contributed by atoms with Crippen molar-refractivity contribution in [2.75, 3.05) is 31.1 Å². The van der Waals surface area contributed by atoms with E-state index in [9.17, 15) is 0 Å². The van der Waals surface area contributed by atoms with E-state index in [4.69, 9.17) is 0 Å². The van der Waals surface area contributed by atoms with Crippen molar-refractivity contribution in [2.24, 2.45) is 0 Å². The van der Waals surface area contributed by atoms with Gasteiger partial charge in [0.15, 0.2) is 0 Å². The molecule has 0 aliphatic carbocycles. The third kappa shape index (κ3) is 2.88. The fourth-order valence-corrected chi connectivity index (χ4v) is 3.39. The van der Waals surface area contributed by atoms with Crippen molar-refractivity contribution in [3.63, 3.8) is 0 Å². The smallest absolute Gasteiger partial charge is 0.0286 e. The Bertz CT molecular complexity index is 169. The third-order valence-corrected chi connectivity index (χ3v) is 4.52. The fraction of sp³-hybridized carbons (Fsp3) is 1.00. The first-order valence-corrected chi connectivity index (χ1v) is 7.07. The van der Waals surface area contributed by atoms with Gasteiger partial charge in [0.05, 0.1) is 0 Å². The van der Waals surface area contributed by atoms with Crippen LogP contribution >= 0.6 is 11.8 Å². The quantitative estimate of drug-likeness (QED) is 0.751. The largest absolute Gasteiger partial charge is 0.311 e. The van der Waals surface area contributed by atoms with Crippen LogP contribution in [0.5, 0.6) is 0 Å². The number of likely N-dealkylation sites (tertiary alicyclic amines) is 1. The molecular weight excluding hydrogens is 192 g/mol. The minimum atomic E-state index is 0.745. The zero-order valence-electron chi connectivity index (χ0n) is 9.17. The van der Waals surface area contributed by atoms with Gasteiger partial charge in [-0.05, 0) is 26.3 Å². The summed E-state index contributed by atoms with van der Waals surface area (Å²) in [5, 5.41) is 3.62. The summed E-state index contributed by atoms with van der Waals surface area (Å²) in [7, 11) is 0. The molecule has 2 rings (SSSR count). The summed E-state index contributed by atoms with van der Waals surface area (Å²) < 4.78 is 0. The lowest BCUT2D eigenvalue weighted by atomic mass is 10.0. The van der Waals surface area contributed by atoms with Crippen LogP contribution in [0.3, 0.4) is 0 Å². The first-order chi connectivity index (χ1) is 6.86. The zero-order valence-corrected chi connectivity index (χ0v) is 9.98. The van der Waals surface area contributed by atoms with Gasteiger partial charge in [0.1, 0.15) is 0 Å². The standard InChI is InChI=1S/C11H22N2S/c1-10-4-2-3-6-13(10)8-11-9-14-7-5-12-11/h10-12H,2-9H2,1H3. The summed E-state index contributed by atoms with van der Waals surface area (Å²) >= 11 is 2.10. The molecule has 2 saturated heterocycles. The second-order valence-corrected chi connectivity index (χ2v) is 5.72. The van der Waals surface area contributed by atoms with Crippen LogP contribution in [0.1, 0.15) is 26.2 Å². The predicted octanol–water partition coefficient (Wildman–Crippen LogP) is 1.57. The van der Waals surface area contributed by atoms with E-state index in [1.165, 1.54) is 50.4 Å². The van der Waals surface area contributed by atoms with Crippen molar-refractivity contribution in [1.82, 2.24) is 10.2 Å². The molecule has 0 aromatic heterocycles. The number of nitrogens with zero attached hydrogens (tertiary/aromatic N) is 1. The van der Waals surface area contributed by atoms with Gasteiger partial charge in [-0.3, -0.25) is 4.90 Å². The molecule has 2 aliphatic rings. The Morgan fingerprint density at radius 3 is 3.07 bits per heavy atom. The van der Waals surface area contributed by atoms with Crippen LogP contribution in [0.2, 0.25) is 0 Å². The molecule has 0 radical (unpaired) electrons. The van der Waals surface area contributed by atoms with Crippen molar-refractivity contribution in [3.05, 3.63) is 0 Å². The first kappa shape index (κ1) is 10.8. The Morgan fingerprint density at radius 2 is 2.36 bits per heavy atom. The second kappa shape index (κ2) is 5.38. The van der Waals surface area contributed by atoms with Gasteiger partial charge in [0.2, 0.25) is 0 Å². The summed E-state index contributed by atoms with van der Waals surface area (Å²) in [5.74, 6) is 2.61. The molecule has 2 nitrogen and oxygen atoms in total. The number of hydrogen-bond donors (Lipinski definition) is 1. The van der Waals surface area contributed by atoms with E-state index in [1.807, 2.05) is 0 Å². The number of thioether (sulfide) groups is 1. The van der Waals surface area contributed by atoms with E-state index in [2.05, 4.69) is 28.9 Å². The molecule has 2 fully saturated rings. The topological polar surface area (TPSA) is 15.3 Å². The second-order valence-electron chi connectivity index (χ2n) is 4.57. The van der Waals surface area contributed by atoms with Crippen LogP contribution in [0.25, 0.3) is 0 Å². The molecule has 0 aromatic rings. The summed E-state index contributed by atoms with van der Waals surface area (Å²) in [4.78, 5) is 2.67. The Balaban J connectivity index is 1.76. The molecule has 0 bridgehead atoms. The number of hydrogen-bond acceptors (Lipinski definition) is 3. The molecule has 82 valence electrons. The van der Waals surface area contributed by atoms with Crippen molar-refractivity contribution in [1.29, 1.82) is 0 Å². The molecule has 2 aliphatic heterocycles. The maximum absolute atomic E-state index is 3.62. The molecule has 3 heteroatoms. The van der Waals surface area contributed by atoms with E-state index in [0.717, 1.165) is 12.1 Å². The van der Waals surface area contributed by atoms with E-state index >= 15 is 0 Å². The van der Waals surface area contributed by atoms with Gasteiger partial charge in [-0.25, -0.2) is 0 Å². The minimum absolute atomic E-state index is 0.745. The van der Waals surface area contributed by atoms with E-state index in [1.54, 1.807) is 0 Å². The fourth-order valence-electron chi connectivity index (χ4n) is 2.45. The van der Waals surface area contributed by atoms with Crippen LogP contribution in [-0.4, -0.2) is 48.1 Å². The first-order valence-electron chi connectivity index (χ1n) is 5.91. The molecule has 14 heavy (non-hydrogen) atoms. The molecule has 0 saturated carbocycles. The molecule has 0 aromatic carbocycles. The van der Waals surface area contributed by atoms with Crippen LogP contribution in [-0.2, 0) is 0 Å².